The fourth-order valence-corrected chi connectivity index (χ4v) is 4.06. The molecule has 148 valence electrons. The largest absolute Gasteiger partial charge is 0.469 e. The minimum Gasteiger partial charge on any atom is -0.469 e. The molecule has 1 saturated heterocycles. The lowest BCUT2D eigenvalue weighted by Gasteiger charge is -2.20. The summed E-state index contributed by atoms with van der Waals surface area (Å²) in [6, 6.07) is 10.0. The molecule has 0 bridgehead atoms. The van der Waals surface area contributed by atoms with Gasteiger partial charge in [-0.05, 0) is 36.6 Å². The molecule has 0 unspecified atom stereocenters. The van der Waals surface area contributed by atoms with Gasteiger partial charge in [0.05, 0.1) is 12.8 Å². The van der Waals surface area contributed by atoms with Crippen LogP contribution in [0.1, 0.15) is 41.7 Å². The molecule has 2 aromatic rings. The number of amides is 2. The number of nitrogens with one attached hydrogen (secondary N) is 1. The van der Waals surface area contributed by atoms with Gasteiger partial charge in [0.15, 0.2) is 0 Å². The Balaban J connectivity index is 1.32. The molecule has 1 fully saturated rings. The highest BCUT2D eigenvalue weighted by Crippen LogP contribution is 2.20. The zero-order valence-corrected chi connectivity index (χ0v) is 16.2. The number of hydrogen-bond acceptors (Lipinski definition) is 4. The molecule has 0 radical (unpaired) electrons. The first-order valence-corrected chi connectivity index (χ1v) is 10.1. The number of hydrogen-bond donors (Lipinski definition) is 1. The van der Waals surface area contributed by atoms with Crippen molar-refractivity contribution >= 4 is 11.8 Å². The number of carbonyl (C=O) groups excluding carboxylic acids is 2. The summed E-state index contributed by atoms with van der Waals surface area (Å²) in [5.41, 5.74) is 3.37. The predicted molar refractivity (Wildman–Crippen MR) is 105 cm³/mol. The molecule has 0 spiro atoms. The topological polar surface area (TPSA) is 65.8 Å². The third kappa shape index (κ3) is 4.44. The van der Waals surface area contributed by atoms with Crippen molar-refractivity contribution in [2.45, 2.75) is 45.3 Å². The van der Waals surface area contributed by atoms with Crippen molar-refractivity contribution in [2.24, 2.45) is 0 Å². The van der Waals surface area contributed by atoms with Gasteiger partial charge in [-0.3, -0.25) is 14.5 Å². The number of nitrogens with zero attached hydrogens (tertiary/aromatic N) is 2. The normalized spacial score (nSPS) is 17.4. The monoisotopic (exact) mass is 381 g/mol. The molecule has 2 aliphatic heterocycles. The Morgan fingerprint density at radius 2 is 1.89 bits per heavy atom. The number of furan rings is 1. The van der Waals surface area contributed by atoms with Gasteiger partial charge < -0.3 is 14.6 Å². The first kappa shape index (κ1) is 18.7. The van der Waals surface area contributed by atoms with Crippen molar-refractivity contribution in [3.05, 3.63) is 59.0 Å². The molecule has 0 atom stereocenters. The van der Waals surface area contributed by atoms with Crippen LogP contribution in [0, 0.1) is 0 Å². The predicted octanol–water partition coefficient (Wildman–Crippen LogP) is 2.47. The second-order valence-electron chi connectivity index (χ2n) is 7.65. The van der Waals surface area contributed by atoms with Gasteiger partial charge in [-0.15, -0.1) is 0 Å². The zero-order chi connectivity index (χ0) is 19.3. The van der Waals surface area contributed by atoms with E-state index in [1.54, 1.807) is 6.26 Å². The highest BCUT2D eigenvalue weighted by atomic mass is 16.3. The van der Waals surface area contributed by atoms with E-state index in [0.29, 0.717) is 26.1 Å². The molecule has 0 aliphatic carbocycles. The van der Waals surface area contributed by atoms with Crippen LogP contribution in [0.5, 0.6) is 0 Å². The average molecular weight is 381 g/mol. The molecule has 0 saturated carbocycles. The minimum atomic E-state index is 0.0268. The second-order valence-corrected chi connectivity index (χ2v) is 7.65. The van der Waals surface area contributed by atoms with Crippen molar-refractivity contribution < 1.29 is 14.0 Å². The fourth-order valence-electron chi connectivity index (χ4n) is 4.06. The maximum Gasteiger partial charge on any atom is 0.234 e. The Morgan fingerprint density at radius 3 is 2.71 bits per heavy atom. The van der Waals surface area contributed by atoms with E-state index in [2.05, 4.69) is 10.2 Å². The SMILES string of the molecule is O=C(CN1CCCc2occc2C1)NCc1ccccc1CN1CCCC1=O. The summed E-state index contributed by atoms with van der Waals surface area (Å²) in [7, 11) is 0. The Kier molecular flexibility index (Phi) is 5.76. The molecular weight excluding hydrogens is 354 g/mol. The molecule has 2 amide bonds. The third-order valence-electron chi connectivity index (χ3n) is 5.60. The highest BCUT2D eigenvalue weighted by molar-refractivity contribution is 5.78. The Morgan fingerprint density at radius 1 is 1.07 bits per heavy atom. The Labute approximate surface area is 165 Å². The molecular formula is C22H27N3O3. The van der Waals surface area contributed by atoms with Gasteiger partial charge in [0.1, 0.15) is 5.76 Å². The number of aryl methyl sites for hydroxylation is 1. The summed E-state index contributed by atoms with van der Waals surface area (Å²) in [5, 5.41) is 3.05. The maximum absolute atomic E-state index is 12.5. The van der Waals surface area contributed by atoms with Crippen LogP contribution in [0.2, 0.25) is 0 Å². The molecule has 4 rings (SSSR count). The van der Waals surface area contributed by atoms with E-state index in [9.17, 15) is 9.59 Å². The molecule has 2 aliphatic rings. The summed E-state index contributed by atoms with van der Waals surface area (Å²) in [5.74, 6) is 1.30. The molecule has 6 heteroatoms. The van der Waals surface area contributed by atoms with Crippen molar-refractivity contribution in [3.8, 4) is 0 Å². The van der Waals surface area contributed by atoms with E-state index in [-0.39, 0.29) is 11.8 Å². The molecule has 1 N–H and O–H groups in total. The number of carbonyl (C=O) groups is 2. The summed E-state index contributed by atoms with van der Waals surface area (Å²) in [4.78, 5) is 28.5. The Bertz CT molecular complexity index is 845. The van der Waals surface area contributed by atoms with Crippen molar-refractivity contribution in [1.29, 1.82) is 0 Å². The van der Waals surface area contributed by atoms with Crippen molar-refractivity contribution in [3.63, 3.8) is 0 Å². The van der Waals surface area contributed by atoms with Gasteiger partial charge in [-0.1, -0.05) is 24.3 Å². The highest BCUT2D eigenvalue weighted by Gasteiger charge is 2.21. The van der Waals surface area contributed by atoms with Crippen LogP contribution in [0.25, 0.3) is 0 Å². The van der Waals surface area contributed by atoms with Gasteiger partial charge in [-0.2, -0.15) is 0 Å². The van der Waals surface area contributed by atoms with Crippen LogP contribution in [-0.2, 0) is 35.6 Å². The van der Waals surface area contributed by atoms with Crippen molar-refractivity contribution in [2.75, 3.05) is 19.6 Å². The zero-order valence-electron chi connectivity index (χ0n) is 16.2. The number of likely N-dealkylation sites (tertiary alicyclic amines) is 1. The van der Waals surface area contributed by atoms with Gasteiger partial charge >= 0.3 is 0 Å². The van der Waals surface area contributed by atoms with Crippen LogP contribution >= 0.6 is 0 Å². The van der Waals surface area contributed by atoms with Gasteiger partial charge in [-0.25, -0.2) is 0 Å². The van der Waals surface area contributed by atoms with Crippen molar-refractivity contribution in [1.82, 2.24) is 15.1 Å². The van der Waals surface area contributed by atoms with E-state index in [1.807, 2.05) is 35.2 Å². The number of benzene rings is 1. The maximum atomic E-state index is 12.5. The lowest BCUT2D eigenvalue weighted by Crippen LogP contribution is -2.37. The summed E-state index contributed by atoms with van der Waals surface area (Å²) in [6.07, 6.45) is 5.25. The van der Waals surface area contributed by atoms with Crippen LogP contribution in [0.15, 0.2) is 41.0 Å². The van der Waals surface area contributed by atoms with E-state index >= 15 is 0 Å². The van der Waals surface area contributed by atoms with Gasteiger partial charge in [0.2, 0.25) is 11.8 Å². The summed E-state index contributed by atoms with van der Waals surface area (Å²) < 4.78 is 5.51. The van der Waals surface area contributed by atoms with Gasteiger partial charge in [0, 0.05) is 44.6 Å². The summed E-state index contributed by atoms with van der Waals surface area (Å²) in [6.45, 7) is 3.97. The lowest BCUT2D eigenvalue weighted by molar-refractivity contribution is -0.128. The molecule has 6 nitrogen and oxygen atoms in total. The smallest absolute Gasteiger partial charge is 0.234 e. The standard InChI is InChI=1S/C22H27N3O3/c26-21(16-24-10-3-7-20-19(14-24)9-12-28-20)23-13-17-5-1-2-6-18(17)15-25-11-4-8-22(25)27/h1-2,5-6,9,12H,3-4,7-8,10-11,13-16H2,(H,23,26). The molecule has 28 heavy (non-hydrogen) atoms. The number of fused-ring (bicyclic) bond motifs is 1. The van der Waals surface area contributed by atoms with E-state index in [4.69, 9.17) is 4.42 Å². The summed E-state index contributed by atoms with van der Waals surface area (Å²) >= 11 is 0. The van der Waals surface area contributed by atoms with Crippen LogP contribution < -0.4 is 5.32 Å². The minimum absolute atomic E-state index is 0.0268. The first-order chi connectivity index (χ1) is 13.7. The van der Waals surface area contributed by atoms with Crippen LogP contribution in [-0.4, -0.2) is 41.2 Å². The molecule has 1 aromatic carbocycles. The quantitative estimate of drug-likeness (QED) is 0.835. The Hall–Kier alpha value is -2.60. The molecule has 3 heterocycles. The van der Waals surface area contributed by atoms with E-state index < -0.39 is 0 Å². The fraction of sp³-hybridized carbons (Fsp3) is 0.455. The number of rotatable bonds is 6. The van der Waals surface area contributed by atoms with E-state index in [0.717, 1.165) is 55.8 Å². The molecule has 1 aromatic heterocycles. The average Bonchev–Trinajstić information content (AvgIpc) is 3.25. The lowest BCUT2D eigenvalue weighted by atomic mass is 10.1. The third-order valence-corrected chi connectivity index (χ3v) is 5.60. The second kappa shape index (κ2) is 8.61. The van der Waals surface area contributed by atoms with Crippen LogP contribution in [0.4, 0.5) is 0 Å². The van der Waals surface area contributed by atoms with E-state index in [1.165, 1.54) is 5.56 Å². The van der Waals surface area contributed by atoms with Gasteiger partial charge in [0.25, 0.3) is 0 Å². The van der Waals surface area contributed by atoms with Crippen LogP contribution in [0.3, 0.4) is 0 Å². The first-order valence-electron chi connectivity index (χ1n) is 10.1.